The number of hydrogen-bond acceptors (Lipinski definition) is 5. The highest BCUT2D eigenvalue weighted by molar-refractivity contribution is 6.01. The maximum absolute atomic E-state index is 13.4. The predicted molar refractivity (Wildman–Crippen MR) is 150 cm³/mol. The number of nitrogens with one attached hydrogen (secondary N) is 2. The normalized spacial score (nSPS) is 15.7. The summed E-state index contributed by atoms with van der Waals surface area (Å²) in [7, 11) is 0. The summed E-state index contributed by atoms with van der Waals surface area (Å²) in [6.45, 7) is 3.55. The van der Waals surface area contributed by atoms with Gasteiger partial charge in [0.05, 0.1) is 0 Å². The number of likely N-dealkylation sites (N-methyl/N-ethyl adjacent to an activating group) is 1. The van der Waals surface area contributed by atoms with Gasteiger partial charge in [-0.15, -0.1) is 0 Å². The zero-order chi connectivity index (χ0) is 27.9. The molecule has 0 bridgehead atoms. The molecule has 0 fully saturated rings. The Morgan fingerprint density at radius 2 is 1.77 bits per heavy atom. The third kappa shape index (κ3) is 6.80. The van der Waals surface area contributed by atoms with Crippen molar-refractivity contribution in [2.75, 3.05) is 18.0 Å². The summed E-state index contributed by atoms with van der Waals surface area (Å²) in [5, 5.41) is 8.81. The molecule has 9 nitrogen and oxygen atoms in total. The Balaban J connectivity index is 1.50. The quantitative estimate of drug-likeness (QED) is 0.223. The van der Waals surface area contributed by atoms with Crippen LogP contribution in [0.5, 0.6) is 0 Å². The average molecular weight is 530 g/mol. The van der Waals surface area contributed by atoms with Crippen molar-refractivity contribution in [3.63, 3.8) is 0 Å². The Labute approximate surface area is 228 Å². The molecule has 4 amide bonds. The fourth-order valence-corrected chi connectivity index (χ4v) is 4.96. The molecular formula is C30H35N5O4. The number of rotatable bonds is 9. The van der Waals surface area contributed by atoms with Gasteiger partial charge in [0.2, 0.25) is 17.7 Å². The Bertz CT molecular complexity index is 1370. The number of carbonyl (C=O) groups is 4. The van der Waals surface area contributed by atoms with Crippen LogP contribution in [0.15, 0.2) is 66.7 Å². The summed E-state index contributed by atoms with van der Waals surface area (Å²) >= 11 is 0. The molecule has 0 saturated carbocycles. The van der Waals surface area contributed by atoms with Gasteiger partial charge in [-0.3, -0.25) is 24.2 Å². The van der Waals surface area contributed by atoms with Crippen LogP contribution in [-0.4, -0.2) is 53.8 Å². The molecule has 0 radical (unpaired) electrons. The topological polar surface area (TPSA) is 125 Å². The predicted octanol–water partition coefficient (Wildman–Crippen LogP) is 2.46. The van der Waals surface area contributed by atoms with Gasteiger partial charge < -0.3 is 15.5 Å². The lowest BCUT2D eigenvalue weighted by atomic mass is 10.0. The molecule has 3 aromatic carbocycles. The summed E-state index contributed by atoms with van der Waals surface area (Å²) in [6.07, 6.45) is 1.36. The summed E-state index contributed by atoms with van der Waals surface area (Å²) < 4.78 is 0. The van der Waals surface area contributed by atoms with Crippen LogP contribution >= 0.6 is 0 Å². The highest BCUT2D eigenvalue weighted by atomic mass is 16.2. The molecule has 1 aliphatic heterocycles. The fraction of sp³-hybridized carbons (Fsp3) is 0.333. The molecule has 4 N–H and O–H groups in total. The van der Waals surface area contributed by atoms with E-state index in [0.717, 1.165) is 32.6 Å². The number of carbonyl (C=O) groups excluding carboxylic acids is 4. The number of nitrogens with two attached hydrogens (primary N) is 1. The van der Waals surface area contributed by atoms with E-state index in [-0.39, 0.29) is 43.0 Å². The number of amides is 4. The molecule has 0 spiro atoms. The minimum atomic E-state index is -0.858. The Morgan fingerprint density at radius 3 is 2.51 bits per heavy atom. The van der Waals surface area contributed by atoms with Crippen molar-refractivity contribution >= 4 is 40.1 Å². The second-order valence-electron chi connectivity index (χ2n) is 9.79. The smallest absolute Gasteiger partial charge is 0.259 e. The van der Waals surface area contributed by atoms with Crippen molar-refractivity contribution in [2.45, 2.75) is 51.6 Å². The highest BCUT2D eigenvalue weighted by Crippen LogP contribution is 2.27. The average Bonchev–Trinajstić information content (AvgIpc) is 3.06. The monoisotopic (exact) mass is 529 g/mol. The molecular weight excluding hydrogens is 494 g/mol. The van der Waals surface area contributed by atoms with Gasteiger partial charge in [0, 0.05) is 38.5 Å². The van der Waals surface area contributed by atoms with Crippen LogP contribution in [0.1, 0.15) is 37.8 Å². The number of hydrazine groups is 1. The first-order chi connectivity index (χ1) is 18.8. The van der Waals surface area contributed by atoms with Crippen LogP contribution in [-0.2, 0) is 32.0 Å². The third-order valence-electron chi connectivity index (χ3n) is 7.00. The molecule has 3 aromatic rings. The van der Waals surface area contributed by atoms with E-state index in [2.05, 4.69) is 10.6 Å². The lowest BCUT2D eigenvalue weighted by molar-refractivity contribution is -0.136. The molecule has 1 aliphatic rings. The van der Waals surface area contributed by atoms with Gasteiger partial charge in [0.1, 0.15) is 12.1 Å². The summed E-state index contributed by atoms with van der Waals surface area (Å²) in [5.41, 5.74) is 2.60. The van der Waals surface area contributed by atoms with E-state index in [9.17, 15) is 19.2 Å². The second kappa shape index (κ2) is 12.5. The van der Waals surface area contributed by atoms with Gasteiger partial charge in [-0.25, -0.2) is 5.84 Å². The van der Waals surface area contributed by atoms with Gasteiger partial charge in [-0.05, 0) is 47.7 Å². The zero-order valence-corrected chi connectivity index (χ0v) is 22.4. The van der Waals surface area contributed by atoms with E-state index in [1.807, 2.05) is 66.7 Å². The number of anilines is 1. The van der Waals surface area contributed by atoms with E-state index in [0.29, 0.717) is 19.4 Å². The van der Waals surface area contributed by atoms with Gasteiger partial charge in [0.25, 0.3) is 5.91 Å². The second-order valence-corrected chi connectivity index (χ2v) is 9.79. The van der Waals surface area contributed by atoms with Gasteiger partial charge in [0.15, 0.2) is 0 Å². The molecule has 1 heterocycles. The number of para-hydroxylation sites is 1. The maximum atomic E-state index is 13.4. The van der Waals surface area contributed by atoms with Crippen LogP contribution in [0.3, 0.4) is 0 Å². The van der Waals surface area contributed by atoms with Crippen molar-refractivity contribution in [2.24, 2.45) is 5.84 Å². The number of benzene rings is 3. The first-order valence-corrected chi connectivity index (χ1v) is 13.3. The SMILES string of the molecule is CCN(N)C(=O)C(Cc1ccc2ccccc2c1)NC(=O)CCN1C(=O)C(NC(C)=O)CCc2ccccc21. The molecule has 4 rings (SSSR count). The van der Waals surface area contributed by atoms with Crippen molar-refractivity contribution < 1.29 is 19.2 Å². The number of aryl methyl sites for hydroxylation is 1. The number of fused-ring (bicyclic) bond motifs is 2. The van der Waals surface area contributed by atoms with Crippen molar-refractivity contribution in [3.8, 4) is 0 Å². The van der Waals surface area contributed by atoms with E-state index in [4.69, 9.17) is 5.84 Å². The van der Waals surface area contributed by atoms with Gasteiger partial charge in [-0.1, -0.05) is 60.7 Å². The standard InChI is InChI=1S/C30H35N5O4/c1-3-35(31)30(39)26(19-21-12-13-22-8-4-5-10-24(22)18-21)33-28(37)16-17-34-27-11-7-6-9-23(27)14-15-25(29(34)38)32-20(2)36/h4-13,18,25-26H,3,14-17,19,31H2,1-2H3,(H,32,36)(H,33,37). The maximum Gasteiger partial charge on any atom is 0.259 e. The summed E-state index contributed by atoms with van der Waals surface area (Å²) in [5.74, 6) is 4.62. The lowest BCUT2D eigenvalue weighted by Gasteiger charge is -2.27. The molecule has 9 heteroatoms. The molecule has 2 atom stereocenters. The highest BCUT2D eigenvalue weighted by Gasteiger charge is 2.31. The lowest BCUT2D eigenvalue weighted by Crippen LogP contribution is -2.53. The van der Waals surface area contributed by atoms with Crippen molar-refractivity contribution in [1.29, 1.82) is 0 Å². The van der Waals surface area contributed by atoms with Gasteiger partial charge in [-0.2, -0.15) is 0 Å². The largest absolute Gasteiger partial charge is 0.345 e. The van der Waals surface area contributed by atoms with Crippen molar-refractivity contribution in [1.82, 2.24) is 15.6 Å². The Morgan fingerprint density at radius 1 is 1.05 bits per heavy atom. The molecule has 2 unspecified atom stereocenters. The van der Waals surface area contributed by atoms with Crippen LogP contribution < -0.4 is 21.4 Å². The van der Waals surface area contributed by atoms with E-state index >= 15 is 0 Å². The summed E-state index contributed by atoms with van der Waals surface area (Å²) in [6, 6.07) is 19.9. The van der Waals surface area contributed by atoms with Crippen LogP contribution in [0.2, 0.25) is 0 Å². The third-order valence-corrected chi connectivity index (χ3v) is 7.00. The zero-order valence-electron chi connectivity index (χ0n) is 22.4. The van der Waals surface area contributed by atoms with Crippen LogP contribution in [0, 0.1) is 0 Å². The molecule has 204 valence electrons. The minimum Gasteiger partial charge on any atom is -0.345 e. The molecule has 0 saturated heterocycles. The van der Waals surface area contributed by atoms with E-state index < -0.39 is 12.1 Å². The van der Waals surface area contributed by atoms with Crippen molar-refractivity contribution in [3.05, 3.63) is 77.9 Å². The van der Waals surface area contributed by atoms with Gasteiger partial charge >= 0.3 is 0 Å². The Hall–Kier alpha value is -4.24. The molecule has 0 aromatic heterocycles. The fourth-order valence-electron chi connectivity index (χ4n) is 4.96. The van der Waals surface area contributed by atoms with Crippen LogP contribution in [0.25, 0.3) is 10.8 Å². The number of hydrogen-bond donors (Lipinski definition) is 3. The first-order valence-electron chi connectivity index (χ1n) is 13.3. The Kier molecular flexibility index (Phi) is 8.93. The van der Waals surface area contributed by atoms with E-state index in [1.54, 1.807) is 11.8 Å². The molecule has 39 heavy (non-hydrogen) atoms. The van der Waals surface area contributed by atoms with E-state index in [1.165, 1.54) is 6.92 Å². The number of nitrogens with zero attached hydrogens (tertiary/aromatic N) is 2. The summed E-state index contributed by atoms with van der Waals surface area (Å²) in [4.78, 5) is 52.9. The molecule has 0 aliphatic carbocycles. The first kappa shape index (κ1) is 27.8. The minimum absolute atomic E-state index is 0.0228. The van der Waals surface area contributed by atoms with Crippen LogP contribution in [0.4, 0.5) is 5.69 Å².